The minimum atomic E-state index is -0.559. The predicted octanol–water partition coefficient (Wildman–Crippen LogP) is 3.79. The van der Waals surface area contributed by atoms with Gasteiger partial charge in [0.15, 0.2) is 0 Å². The molecule has 1 unspecified atom stereocenters. The van der Waals surface area contributed by atoms with Crippen molar-refractivity contribution in [3.63, 3.8) is 0 Å². The zero-order valence-electron chi connectivity index (χ0n) is 12.1. The Bertz CT molecular complexity index is 397. The van der Waals surface area contributed by atoms with E-state index in [1.807, 2.05) is 42.1 Å². The fourth-order valence-electron chi connectivity index (χ4n) is 1.88. The van der Waals surface area contributed by atoms with Crippen LogP contribution in [0.2, 0.25) is 0 Å². The van der Waals surface area contributed by atoms with E-state index in [1.54, 1.807) is 0 Å². The predicted molar refractivity (Wildman–Crippen MR) is 84.2 cm³/mol. The van der Waals surface area contributed by atoms with Gasteiger partial charge in [-0.15, -0.1) is 0 Å². The van der Waals surface area contributed by atoms with Gasteiger partial charge in [0.25, 0.3) is 0 Å². The summed E-state index contributed by atoms with van der Waals surface area (Å²) in [6.45, 7) is 7.41. The lowest BCUT2D eigenvalue weighted by atomic mass is 9.93. The molecular formula is C16H24N2S. The van der Waals surface area contributed by atoms with Crippen LogP contribution >= 0.6 is 11.8 Å². The Morgan fingerprint density at radius 3 is 2.53 bits per heavy atom. The summed E-state index contributed by atoms with van der Waals surface area (Å²) in [5.41, 5.74) is 0.513. The highest BCUT2D eigenvalue weighted by Crippen LogP contribution is 2.26. The summed E-state index contributed by atoms with van der Waals surface area (Å²) in [5, 5.41) is 13.1. The van der Waals surface area contributed by atoms with Crippen molar-refractivity contribution in [2.75, 3.05) is 18.1 Å². The van der Waals surface area contributed by atoms with Crippen molar-refractivity contribution in [2.45, 2.75) is 32.7 Å². The fourth-order valence-corrected chi connectivity index (χ4v) is 3.11. The number of rotatable bonds is 8. The Hall–Kier alpha value is -0.980. The van der Waals surface area contributed by atoms with E-state index in [1.165, 1.54) is 0 Å². The van der Waals surface area contributed by atoms with Crippen LogP contribution in [0.15, 0.2) is 30.3 Å². The molecule has 0 saturated heterocycles. The molecule has 0 saturated carbocycles. The molecule has 2 nitrogen and oxygen atoms in total. The maximum Gasteiger partial charge on any atom is 0.141 e. The van der Waals surface area contributed by atoms with Gasteiger partial charge in [-0.3, -0.25) is 5.32 Å². The van der Waals surface area contributed by atoms with Crippen LogP contribution < -0.4 is 5.32 Å². The molecule has 0 fully saturated rings. The molecule has 0 aliphatic rings. The van der Waals surface area contributed by atoms with Crippen molar-refractivity contribution >= 4 is 11.8 Å². The summed E-state index contributed by atoms with van der Waals surface area (Å²) in [6, 6.07) is 12.6. The van der Waals surface area contributed by atoms with Crippen LogP contribution in [0, 0.1) is 17.2 Å². The Morgan fingerprint density at radius 1 is 1.32 bits per heavy atom. The number of nitrogens with zero attached hydrogens (tertiary/aromatic N) is 1. The minimum Gasteiger partial charge on any atom is -0.295 e. The molecular weight excluding hydrogens is 252 g/mol. The number of nitrogens with one attached hydrogen (secondary N) is 1. The van der Waals surface area contributed by atoms with E-state index in [-0.39, 0.29) is 0 Å². The van der Waals surface area contributed by atoms with Gasteiger partial charge in [0.1, 0.15) is 5.54 Å². The van der Waals surface area contributed by atoms with Gasteiger partial charge in [0.05, 0.1) is 6.07 Å². The summed E-state index contributed by atoms with van der Waals surface area (Å²) in [6.07, 6.45) is 1.03. The first-order chi connectivity index (χ1) is 9.14. The maximum atomic E-state index is 9.70. The Kier molecular flexibility index (Phi) is 6.97. The van der Waals surface area contributed by atoms with Crippen LogP contribution in [0.5, 0.6) is 0 Å². The third-order valence-electron chi connectivity index (χ3n) is 2.90. The quantitative estimate of drug-likeness (QED) is 0.784. The number of hydrogen-bond acceptors (Lipinski definition) is 3. The van der Waals surface area contributed by atoms with E-state index in [0.29, 0.717) is 5.92 Å². The van der Waals surface area contributed by atoms with Crippen molar-refractivity contribution in [1.82, 2.24) is 5.32 Å². The summed E-state index contributed by atoms with van der Waals surface area (Å²) >= 11 is 1.85. The maximum absolute atomic E-state index is 9.70. The van der Waals surface area contributed by atoms with Crippen LogP contribution in [0.3, 0.4) is 0 Å². The fraction of sp³-hybridized carbons (Fsp3) is 0.562. The van der Waals surface area contributed by atoms with Gasteiger partial charge in [-0.1, -0.05) is 51.1 Å². The highest BCUT2D eigenvalue weighted by molar-refractivity contribution is 7.99. The van der Waals surface area contributed by atoms with Crippen molar-refractivity contribution in [1.29, 1.82) is 5.26 Å². The van der Waals surface area contributed by atoms with Crippen LogP contribution in [0.1, 0.15) is 32.8 Å². The van der Waals surface area contributed by atoms with E-state index in [0.717, 1.165) is 30.0 Å². The smallest absolute Gasteiger partial charge is 0.141 e. The summed E-state index contributed by atoms with van der Waals surface area (Å²) in [5.74, 6) is 2.54. The number of hydrogen-bond donors (Lipinski definition) is 1. The average molecular weight is 276 g/mol. The molecule has 0 radical (unpaired) electrons. The lowest BCUT2D eigenvalue weighted by Crippen LogP contribution is -2.44. The molecule has 0 aliphatic carbocycles. The highest BCUT2D eigenvalue weighted by Gasteiger charge is 2.31. The molecule has 0 spiro atoms. The zero-order chi connectivity index (χ0) is 14.1. The van der Waals surface area contributed by atoms with E-state index in [2.05, 4.69) is 32.2 Å². The largest absolute Gasteiger partial charge is 0.295 e. The molecule has 0 aliphatic heterocycles. The van der Waals surface area contributed by atoms with Gasteiger partial charge >= 0.3 is 0 Å². The van der Waals surface area contributed by atoms with Gasteiger partial charge in [-0.25, -0.2) is 0 Å². The first-order valence-electron chi connectivity index (χ1n) is 6.94. The molecule has 0 heterocycles. The number of nitriles is 1. The second-order valence-corrected chi connectivity index (χ2v) is 6.25. The first-order valence-corrected chi connectivity index (χ1v) is 8.09. The molecule has 19 heavy (non-hydrogen) atoms. The molecule has 1 aromatic rings. The van der Waals surface area contributed by atoms with Crippen molar-refractivity contribution in [3.05, 3.63) is 35.9 Å². The van der Waals surface area contributed by atoms with Crippen molar-refractivity contribution in [2.24, 2.45) is 5.92 Å². The van der Waals surface area contributed by atoms with Crippen LogP contribution in [0.25, 0.3) is 0 Å². The van der Waals surface area contributed by atoms with E-state index in [9.17, 15) is 5.26 Å². The minimum absolute atomic E-state index is 0.559. The zero-order valence-corrected chi connectivity index (χ0v) is 13.0. The van der Waals surface area contributed by atoms with Gasteiger partial charge in [0, 0.05) is 5.75 Å². The SMILES string of the molecule is CCCNC(C#N)(CSCC(C)C)c1ccccc1. The molecule has 0 aromatic heterocycles. The lowest BCUT2D eigenvalue weighted by Gasteiger charge is -2.28. The van der Waals surface area contributed by atoms with Crippen LogP contribution in [-0.2, 0) is 5.54 Å². The second-order valence-electron chi connectivity index (χ2n) is 5.22. The molecule has 1 rings (SSSR count). The molecule has 1 aromatic carbocycles. The second kappa shape index (κ2) is 8.24. The molecule has 1 N–H and O–H groups in total. The molecule has 0 bridgehead atoms. The first kappa shape index (κ1) is 16.1. The van der Waals surface area contributed by atoms with Gasteiger partial charge < -0.3 is 0 Å². The van der Waals surface area contributed by atoms with Crippen molar-refractivity contribution in [3.8, 4) is 6.07 Å². The van der Waals surface area contributed by atoms with Crippen LogP contribution in [0.4, 0.5) is 0 Å². The van der Waals surface area contributed by atoms with E-state index < -0.39 is 5.54 Å². The topological polar surface area (TPSA) is 35.8 Å². The molecule has 0 amide bonds. The van der Waals surface area contributed by atoms with E-state index >= 15 is 0 Å². The van der Waals surface area contributed by atoms with Gasteiger partial charge in [-0.2, -0.15) is 17.0 Å². The summed E-state index contributed by atoms with van der Waals surface area (Å²) in [7, 11) is 0. The molecule has 3 heteroatoms. The monoisotopic (exact) mass is 276 g/mol. The summed E-state index contributed by atoms with van der Waals surface area (Å²) < 4.78 is 0. The van der Waals surface area contributed by atoms with E-state index in [4.69, 9.17) is 0 Å². The molecule has 1 atom stereocenters. The van der Waals surface area contributed by atoms with Crippen LogP contribution in [-0.4, -0.2) is 18.1 Å². The Labute approximate surface area is 121 Å². The van der Waals surface area contributed by atoms with Gasteiger partial charge in [0.2, 0.25) is 0 Å². The number of thioether (sulfide) groups is 1. The Balaban J connectivity index is 2.86. The third kappa shape index (κ3) is 4.89. The summed E-state index contributed by atoms with van der Waals surface area (Å²) in [4.78, 5) is 0. The average Bonchev–Trinajstić information content (AvgIpc) is 2.43. The lowest BCUT2D eigenvalue weighted by molar-refractivity contribution is 0.473. The number of benzene rings is 1. The normalized spacial score (nSPS) is 14.1. The third-order valence-corrected chi connectivity index (χ3v) is 4.44. The Morgan fingerprint density at radius 2 is 2.00 bits per heavy atom. The van der Waals surface area contributed by atoms with Crippen molar-refractivity contribution < 1.29 is 0 Å². The standard InChI is InChI=1S/C16H24N2S/c1-4-10-18-16(12-17,13-19-11-14(2)3)15-8-6-5-7-9-15/h5-9,14,18H,4,10-11,13H2,1-3H3. The molecule has 104 valence electrons. The highest BCUT2D eigenvalue weighted by atomic mass is 32.2. The van der Waals surface area contributed by atoms with Gasteiger partial charge in [-0.05, 0) is 30.2 Å².